The molecule has 1 unspecified atom stereocenters. The van der Waals surface area contributed by atoms with Gasteiger partial charge in [-0.15, -0.1) is 11.3 Å². The largest absolute Gasteiger partial charge is 0.388 e. The van der Waals surface area contributed by atoms with Crippen molar-refractivity contribution in [3.8, 4) is 0 Å². The molecule has 1 heterocycles. The van der Waals surface area contributed by atoms with Crippen LogP contribution in [0.15, 0.2) is 29.6 Å². The van der Waals surface area contributed by atoms with Crippen molar-refractivity contribution in [1.29, 1.82) is 0 Å². The molecule has 0 spiro atoms. The van der Waals surface area contributed by atoms with E-state index in [1.165, 1.54) is 42.2 Å². The Kier molecular flexibility index (Phi) is 5.87. The maximum absolute atomic E-state index is 10.3. The fourth-order valence-electron chi connectivity index (χ4n) is 2.53. The van der Waals surface area contributed by atoms with Gasteiger partial charge in [0.05, 0.1) is 6.10 Å². The lowest BCUT2D eigenvalue weighted by Crippen LogP contribution is -1.96. The molecule has 1 aromatic heterocycles. The predicted molar refractivity (Wildman–Crippen MR) is 84.8 cm³/mol. The van der Waals surface area contributed by atoms with Crippen LogP contribution in [0.2, 0.25) is 0 Å². The molecule has 1 atom stereocenters. The number of hydrogen-bond donors (Lipinski definition) is 1. The number of fused-ring (bicyclic) bond motifs is 1. The molecule has 0 aliphatic rings. The maximum Gasteiger partial charge on any atom is 0.0804 e. The molecule has 1 nitrogen and oxygen atoms in total. The standard InChI is InChI=1S/C17H24OS/c1-2-3-4-5-6-7-11-16(18)15-13-19-17-12-9-8-10-14(15)17/h8-10,12-13,16,18H,2-7,11H2,1H3. The fourth-order valence-corrected chi connectivity index (χ4v) is 3.54. The van der Waals surface area contributed by atoms with Crippen molar-refractivity contribution in [3.63, 3.8) is 0 Å². The quantitative estimate of drug-likeness (QED) is 0.614. The van der Waals surface area contributed by atoms with Crippen molar-refractivity contribution >= 4 is 21.4 Å². The lowest BCUT2D eigenvalue weighted by Gasteiger charge is -2.09. The van der Waals surface area contributed by atoms with Gasteiger partial charge in [-0.25, -0.2) is 0 Å². The lowest BCUT2D eigenvalue weighted by molar-refractivity contribution is 0.165. The highest BCUT2D eigenvalue weighted by Crippen LogP contribution is 2.32. The molecular weight excluding hydrogens is 252 g/mol. The third-order valence-corrected chi connectivity index (χ3v) is 4.68. The van der Waals surface area contributed by atoms with E-state index in [2.05, 4.69) is 36.6 Å². The van der Waals surface area contributed by atoms with Gasteiger partial charge >= 0.3 is 0 Å². The highest BCUT2D eigenvalue weighted by molar-refractivity contribution is 7.17. The summed E-state index contributed by atoms with van der Waals surface area (Å²) in [5, 5.41) is 13.7. The van der Waals surface area contributed by atoms with Gasteiger partial charge in [0.25, 0.3) is 0 Å². The van der Waals surface area contributed by atoms with Gasteiger partial charge in [-0.3, -0.25) is 0 Å². The van der Waals surface area contributed by atoms with Crippen molar-refractivity contribution < 1.29 is 5.11 Å². The minimum Gasteiger partial charge on any atom is -0.388 e. The monoisotopic (exact) mass is 276 g/mol. The van der Waals surface area contributed by atoms with Gasteiger partial charge in [0.2, 0.25) is 0 Å². The van der Waals surface area contributed by atoms with Crippen molar-refractivity contribution in [2.24, 2.45) is 0 Å². The first-order valence-corrected chi connectivity index (χ1v) is 8.35. The maximum atomic E-state index is 10.3. The Hall–Kier alpha value is -0.860. The summed E-state index contributed by atoms with van der Waals surface area (Å²) in [6.07, 6.45) is 8.28. The summed E-state index contributed by atoms with van der Waals surface area (Å²) < 4.78 is 1.28. The van der Waals surface area contributed by atoms with Crippen molar-refractivity contribution in [2.45, 2.75) is 58.0 Å². The van der Waals surface area contributed by atoms with E-state index in [1.807, 2.05) is 0 Å². The van der Waals surface area contributed by atoms with Gasteiger partial charge in [0, 0.05) is 4.70 Å². The Bertz CT molecular complexity index is 489. The first-order valence-electron chi connectivity index (χ1n) is 7.47. The number of aliphatic hydroxyl groups is 1. The smallest absolute Gasteiger partial charge is 0.0804 e. The van der Waals surface area contributed by atoms with Crippen LogP contribution in [0.4, 0.5) is 0 Å². The summed E-state index contributed by atoms with van der Waals surface area (Å²) in [4.78, 5) is 0. The molecule has 0 saturated carbocycles. The summed E-state index contributed by atoms with van der Waals surface area (Å²) >= 11 is 1.73. The summed E-state index contributed by atoms with van der Waals surface area (Å²) in [7, 11) is 0. The molecule has 0 saturated heterocycles. The lowest BCUT2D eigenvalue weighted by atomic mass is 10.0. The fraction of sp³-hybridized carbons (Fsp3) is 0.529. The zero-order chi connectivity index (χ0) is 13.5. The van der Waals surface area contributed by atoms with Crippen LogP contribution in [0.3, 0.4) is 0 Å². The highest BCUT2D eigenvalue weighted by Gasteiger charge is 2.12. The molecule has 0 radical (unpaired) electrons. The van der Waals surface area contributed by atoms with Gasteiger partial charge < -0.3 is 5.11 Å². The van der Waals surface area contributed by atoms with Gasteiger partial charge in [-0.05, 0) is 28.8 Å². The van der Waals surface area contributed by atoms with Crippen molar-refractivity contribution in [1.82, 2.24) is 0 Å². The normalized spacial score (nSPS) is 12.9. The topological polar surface area (TPSA) is 20.2 Å². The summed E-state index contributed by atoms with van der Waals surface area (Å²) in [5.41, 5.74) is 1.12. The average Bonchev–Trinajstić information content (AvgIpc) is 2.86. The first-order chi connectivity index (χ1) is 9.33. The Morgan fingerprint density at radius 1 is 1.05 bits per heavy atom. The van der Waals surface area contributed by atoms with E-state index in [1.54, 1.807) is 11.3 Å². The minimum absolute atomic E-state index is 0.290. The second-order valence-corrected chi connectivity index (χ2v) is 6.17. The van der Waals surface area contributed by atoms with Gasteiger partial charge in [-0.2, -0.15) is 0 Å². The molecule has 0 aliphatic heterocycles. The van der Waals surface area contributed by atoms with Crippen LogP contribution >= 0.6 is 11.3 Å². The SMILES string of the molecule is CCCCCCCCC(O)c1csc2ccccc12. The van der Waals surface area contributed by atoms with Crippen LogP contribution in [-0.4, -0.2) is 5.11 Å². The van der Waals surface area contributed by atoms with Gasteiger partial charge in [-0.1, -0.05) is 63.6 Å². The molecular formula is C17H24OS. The average molecular weight is 276 g/mol. The van der Waals surface area contributed by atoms with E-state index in [4.69, 9.17) is 0 Å². The van der Waals surface area contributed by atoms with Crippen molar-refractivity contribution in [3.05, 3.63) is 35.2 Å². The zero-order valence-electron chi connectivity index (χ0n) is 11.8. The molecule has 0 bridgehead atoms. The van der Waals surface area contributed by atoms with Crippen molar-refractivity contribution in [2.75, 3.05) is 0 Å². The number of hydrogen-bond acceptors (Lipinski definition) is 2. The second kappa shape index (κ2) is 7.66. The third kappa shape index (κ3) is 4.05. The van der Waals surface area contributed by atoms with Gasteiger partial charge in [0.1, 0.15) is 0 Å². The number of aliphatic hydroxyl groups excluding tert-OH is 1. The van der Waals surface area contributed by atoms with E-state index in [0.29, 0.717) is 0 Å². The van der Waals surface area contributed by atoms with E-state index >= 15 is 0 Å². The molecule has 0 fully saturated rings. The molecule has 19 heavy (non-hydrogen) atoms. The van der Waals surface area contributed by atoms with E-state index in [0.717, 1.165) is 18.4 Å². The first kappa shape index (κ1) is 14.5. The number of unbranched alkanes of at least 4 members (excludes halogenated alkanes) is 5. The highest BCUT2D eigenvalue weighted by atomic mass is 32.1. The molecule has 2 rings (SSSR count). The van der Waals surface area contributed by atoms with Crippen LogP contribution < -0.4 is 0 Å². The van der Waals surface area contributed by atoms with Crippen LogP contribution in [0, 0.1) is 0 Å². The predicted octanol–water partition coefficient (Wildman–Crippen LogP) is 5.69. The second-order valence-electron chi connectivity index (χ2n) is 5.26. The number of benzene rings is 1. The van der Waals surface area contributed by atoms with Gasteiger partial charge in [0.15, 0.2) is 0 Å². The Balaban J connectivity index is 1.81. The molecule has 2 aromatic rings. The summed E-state index contributed by atoms with van der Waals surface area (Å²) in [6, 6.07) is 8.35. The Morgan fingerprint density at radius 2 is 1.79 bits per heavy atom. The molecule has 1 aromatic carbocycles. The molecule has 2 heteroatoms. The zero-order valence-corrected chi connectivity index (χ0v) is 12.6. The summed E-state index contributed by atoms with van der Waals surface area (Å²) in [5.74, 6) is 0. The molecule has 0 aliphatic carbocycles. The third-order valence-electron chi connectivity index (χ3n) is 3.70. The summed E-state index contributed by atoms with van der Waals surface area (Å²) in [6.45, 7) is 2.24. The molecule has 104 valence electrons. The van der Waals surface area contributed by atoms with E-state index in [-0.39, 0.29) is 6.10 Å². The molecule has 1 N–H and O–H groups in total. The number of thiophene rings is 1. The van der Waals surface area contributed by atoms with E-state index < -0.39 is 0 Å². The number of rotatable bonds is 8. The van der Waals surface area contributed by atoms with Crippen LogP contribution in [0.1, 0.15) is 63.5 Å². The van der Waals surface area contributed by atoms with Crippen LogP contribution in [0.5, 0.6) is 0 Å². The van der Waals surface area contributed by atoms with Crippen LogP contribution in [-0.2, 0) is 0 Å². The molecule has 0 amide bonds. The van der Waals surface area contributed by atoms with E-state index in [9.17, 15) is 5.11 Å². The Labute approximate surface area is 120 Å². The van der Waals surface area contributed by atoms with Crippen LogP contribution in [0.25, 0.3) is 10.1 Å². The Morgan fingerprint density at radius 3 is 2.63 bits per heavy atom. The minimum atomic E-state index is -0.290.